The lowest BCUT2D eigenvalue weighted by Crippen LogP contribution is -2.64. The van der Waals surface area contributed by atoms with Gasteiger partial charge >= 0.3 is 6.16 Å². The number of carbonyl (C=O) groups is 2. The number of aliphatic hydroxyl groups excluding tert-OH is 1. The van der Waals surface area contributed by atoms with Crippen molar-refractivity contribution in [2.24, 2.45) is 40.4 Å². The summed E-state index contributed by atoms with van der Waals surface area (Å²) in [5, 5.41) is 11.5. The van der Waals surface area contributed by atoms with Gasteiger partial charge in [-0.3, -0.25) is 4.79 Å². The molecule has 5 aliphatic rings. The van der Waals surface area contributed by atoms with Crippen LogP contribution in [0.25, 0.3) is 0 Å². The van der Waals surface area contributed by atoms with Crippen LogP contribution in [0.4, 0.5) is 4.79 Å². The number of aliphatic hydroxyl groups is 1. The van der Waals surface area contributed by atoms with Crippen LogP contribution in [0.3, 0.4) is 0 Å². The summed E-state index contributed by atoms with van der Waals surface area (Å²) in [5.41, 5.74) is -1.81. The molecule has 190 valence electrons. The van der Waals surface area contributed by atoms with Gasteiger partial charge in [0, 0.05) is 11.8 Å². The van der Waals surface area contributed by atoms with Gasteiger partial charge in [-0.05, 0) is 60.2 Å². The SMILES string of the molecule is CC1=CC23C(=O)[C@@H]([C@H](O[Si](C)(C)C(C)(C)C)[C@H](C)[C@H]4OC(=O)O[C@]42[C@H]1O)[C@H]1[C@@H](C[C@H]3C)C1(C)C. The zero-order valence-electron chi connectivity index (χ0n) is 22.4. The summed E-state index contributed by atoms with van der Waals surface area (Å²) >= 11 is 0. The Hall–Kier alpha value is -1.18. The summed E-state index contributed by atoms with van der Waals surface area (Å²) in [6.07, 6.45) is -0.235. The first kappa shape index (κ1) is 24.5. The molecule has 0 aromatic carbocycles. The standard InChI is InChI=1S/C27H42O6Si/c1-13-12-26-14(2)11-16-18(25(16,7)8)17(21(26)29)19(33-34(9,10)24(4,5)6)15(3)22-27(26,20(13)28)32-23(30)31-22/h12,14-20,22,28H,11H2,1-10H3/t14-,15+,16-,17-,18-,19-,20+,22-,26?,27-/m1/s1. The highest BCUT2D eigenvalue weighted by molar-refractivity contribution is 6.74. The van der Waals surface area contributed by atoms with E-state index in [9.17, 15) is 14.7 Å². The second-order valence-corrected chi connectivity index (χ2v) is 18.8. The molecule has 2 spiro atoms. The number of rotatable bonds is 2. The van der Waals surface area contributed by atoms with Gasteiger partial charge in [0.1, 0.15) is 6.10 Å². The number of hydrogen-bond acceptors (Lipinski definition) is 6. The van der Waals surface area contributed by atoms with Gasteiger partial charge in [-0.1, -0.05) is 54.5 Å². The van der Waals surface area contributed by atoms with Crippen LogP contribution >= 0.6 is 0 Å². The Labute approximate surface area is 204 Å². The van der Waals surface area contributed by atoms with Crippen molar-refractivity contribution in [3.05, 3.63) is 11.6 Å². The van der Waals surface area contributed by atoms with Gasteiger partial charge in [-0.15, -0.1) is 0 Å². The van der Waals surface area contributed by atoms with E-state index >= 15 is 0 Å². The topological polar surface area (TPSA) is 82.1 Å². The maximum Gasteiger partial charge on any atom is 0.509 e. The molecule has 0 aromatic rings. The summed E-state index contributed by atoms with van der Waals surface area (Å²) in [6.45, 7) is 21.5. The van der Waals surface area contributed by atoms with Crippen molar-refractivity contribution >= 4 is 20.3 Å². The van der Waals surface area contributed by atoms with E-state index in [4.69, 9.17) is 13.9 Å². The van der Waals surface area contributed by atoms with E-state index < -0.39 is 43.8 Å². The third-order valence-electron chi connectivity index (χ3n) is 11.0. The molecule has 10 atom stereocenters. The van der Waals surface area contributed by atoms with E-state index in [0.717, 1.165) is 6.42 Å². The van der Waals surface area contributed by atoms with Crippen LogP contribution in [0.1, 0.15) is 61.8 Å². The van der Waals surface area contributed by atoms with Crippen LogP contribution < -0.4 is 0 Å². The average Bonchev–Trinajstić information content (AvgIpc) is 3.00. The Morgan fingerprint density at radius 3 is 2.38 bits per heavy atom. The van der Waals surface area contributed by atoms with Crippen LogP contribution in [0.2, 0.25) is 18.1 Å². The van der Waals surface area contributed by atoms with Crippen LogP contribution in [0.5, 0.6) is 0 Å². The third-order valence-corrected chi connectivity index (χ3v) is 15.5. The van der Waals surface area contributed by atoms with Gasteiger partial charge in [-0.25, -0.2) is 4.79 Å². The molecule has 2 bridgehead atoms. The largest absolute Gasteiger partial charge is 0.509 e. The van der Waals surface area contributed by atoms with Crippen LogP contribution in [-0.4, -0.2) is 49.3 Å². The molecule has 1 heterocycles. The summed E-state index contributed by atoms with van der Waals surface area (Å²) in [7, 11) is -2.28. The molecule has 0 aromatic heterocycles. The fourth-order valence-corrected chi connectivity index (χ4v) is 9.49. The van der Waals surface area contributed by atoms with Crippen LogP contribution in [0.15, 0.2) is 11.6 Å². The van der Waals surface area contributed by atoms with Gasteiger partial charge in [0.25, 0.3) is 0 Å². The van der Waals surface area contributed by atoms with Crippen molar-refractivity contribution in [2.75, 3.05) is 0 Å². The first-order chi connectivity index (χ1) is 15.4. The molecular weight excluding hydrogens is 448 g/mol. The molecule has 1 unspecified atom stereocenters. The minimum Gasteiger partial charge on any atom is -0.426 e. The summed E-state index contributed by atoms with van der Waals surface area (Å²) < 4.78 is 19.0. The maximum atomic E-state index is 14.9. The van der Waals surface area contributed by atoms with Crippen LogP contribution in [0, 0.1) is 40.4 Å². The number of hydrogen-bond donors (Lipinski definition) is 1. The highest BCUT2D eigenvalue weighted by Gasteiger charge is 2.82. The van der Waals surface area contributed by atoms with E-state index in [1.165, 1.54) is 0 Å². The molecule has 6 nitrogen and oxygen atoms in total. The molecule has 34 heavy (non-hydrogen) atoms. The first-order valence-corrected chi connectivity index (χ1v) is 15.8. The van der Waals surface area contributed by atoms with Gasteiger partial charge in [0.05, 0.1) is 11.5 Å². The number of Topliss-reactive ketones (excluding diaryl/α,β-unsaturated/α-hetero) is 1. The monoisotopic (exact) mass is 490 g/mol. The molecule has 1 aliphatic heterocycles. The molecule has 1 N–H and O–H groups in total. The van der Waals surface area contributed by atoms with Gasteiger partial charge in [0.15, 0.2) is 25.8 Å². The fraction of sp³-hybridized carbons (Fsp3) is 0.852. The third kappa shape index (κ3) is 2.64. The molecule has 3 saturated carbocycles. The lowest BCUT2D eigenvalue weighted by molar-refractivity contribution is -0.163. The second-order valence-electron chi connectivity index (χ2n) is 14.0. The predicted octanol–water partition coefficient (Wildman–Crippen LogP) is 5.11. The lowest BCUT2D eigenvalue weighted by Gasteiger charge is -2.46. The molecule has 0 amide bonds. The van der Waals surface area contributed by atoms with Crippen molar-refractivity contribution in [1.29, 1.82) is 0 Å². The number of fused-ring (bicyclic) bond motifs is 3. The fourth-order valence-electron chi connectivity index (χ4n) is 8.10. The van der Waals surface area contributed by atoms with E-state index in [1.807, 2.05) is 19.9 Å². The maximum absolute atomic E-state index is 14.9. The Bertz CT molecular complexity index is 978. The van der Waals surface area contributed by atoms with Crippen LogP contribution in [-0.2, 0) is 18.7 Å². The number of ether oxygens (including phenoxy) is 2. The summed E-state index contributed by atoms with van der Waals surface area (Å²) in [6, 6.07) is 0. The molecule has 1 saturated heterocycles. The molecule has 4 aliphatic carbocycles. The van der Waals surface area contributed by atoms with Crippen molar-refractivity contribution in [1.82, 2.24) is 0 Å². The highest BCUT2D eigenvalue weighted by Crippen LogP contribution is 2.74. The minimum atomic E-state index is -2.28. The Morgan fingerprint density at radius 2 is 1.79 bits per heavy atom. The highest BCUT2D eigenvalue weighted by atomic mass is 28.4. The number of ketones is 1. The van der Waals surface area contributed by atoms with Gasteiger partial charge in [0.2, 0.25) is 0 Å². The quantitative estimate of drug-likeness (QED) is 0.329. The van der Waals surface area contributed by atoms with Crippen molar-refractivity contribution in [3.63, 3.8) is 0 Å². The average molecular weight is 491 g/mol. The zero-order valence-corrected chi connectivity index (χ0v) is 23.4. The second kappa shape index (κ2) is 6.77. The minimum absolute atomic E-state index is 0.0390. The summed E-state index contributed by atoms with van der Waals surface area (Å²) in [4.78, 5) is 27.7. The van der Waals surface area contributed by atoms with E-state index in [1.54, 1.807) is 0 Å². The Balaban J connectivity index is 1.76. The van der Waals surface area contributed by atoms with Gasteiger partial charge < -0.3 is 19.0 Å². The van der Waals surface area contributed by atoms with Crippen molar-refractivity contribution in [3.8, 4) is 0 Å². The molecule has 7 heteroatoms. The lowest BCUT2D eigenvalue weighted by atomic mass is 9.59. The zero-order chi connectivity index (χ0) is 25.4. The first-order valence-electron chi connectivity index (χ1n) is 12.9. The van der Waals surface area contributed by atoms with Crippen molar-refractivity contribution < 1.29 is 28.6 Å². The predicted molar refractivity (Wildman–Crippen MR) is 131 cm³/mol. The van der Waals surface area contributed by atoms with Crippen molar-refractivity contribution in [2.45, 2.75) is 104 Å². The Morgan fingerprint density at radius 1 is 1.18 bits per heavy atom. The van der Waals surface area contributed by atoms with E-state index in [2.05, 4.69) is 54.6 Å². The molecule has 5 rings (SSSR count). The Kier molecular flexibility index (Phi) is 4.88. The normalized spacial score (nSPS) is 49.1. The van der Waals surface area contributed by atoms with Gasteiger partial charge in [-0.2, -0.15) is 0 Å². The smallest absolute Gasteiger partial charge is 0.426 e. The van der Waals surface area contributed by atoms with E-state index in [-0.39, 0.29) is 39.9 Å². The van der Waals surface area contributed by atoms with E-state index in [0.29, 0.717) is 11.5 Å². The molecule has 0 radical (unpaired) electrons. The summed E-state index contributed by atoms with van der Waals surface area (Å²) in [5.74, 6) is -0.0443. The number of carbonyl (C=O) groups excluding carboxylic acids is 2. The molecule has 4 fully saturated rings. The molecular formula is C27H42O6Si.